The van der Waals surface area contributed by atoms with E-state index >= 15 is 4.39 Å². The summed E-state index contributed by atoms with van der Waals surface area (Å²) in [6.07, 6.45) is 4.37. The molecule has 2 N–H and O–H groups in total. The van der Waals surface area contributed by atoms with Gasteiger partial charge in [-0.1, -0.05) is 25.1 Å². The van der Waals surface area contributed by atoms with Crippen LogP contribution in [0.2, 0.25) is 0 Å². The zero-order valence-corrected chi connectivity index (χ0v) is 35.5. The van der Waals surface area contributed by atoms with Crippen LogP contribution in [0, 0.1) is 17.7 Å². The lowest BCUT2D eigenvalue weighted by atomic mass is 9.58. The molecular formula is C44H59F3N6O6S. The Hall–Kier alpha value is -4.15. The number of hydrogen-bond donors (Lipinski definition) is 2. The Morgan fingerprint density at radius 1 is 0.983 bits per heavy atom. The number of ether oxygens (including phenoxy) is 1. The van der Waals surface area contributed by atoms with Crippen molar-refractivity contribution >= 4 is 33.4 Å². The van der Waals surface area contributed by atoms with Gasteiger partial charge in [0.1, 0.15) is 12.0 Å². The smallest absolute Gasteiger partial charge is 0.407 e. The number of methoxy groups -OCH3 is 1. The summed E-state index contributed by atoms with van der Waals surface area (Å²) in [6.45, 7) is 8.12. The van der Waals surface area contributed by atoms with Crippen LogP contribution < -0.4 is 15.5 Å². The third-order valence-electron chi connectivity index (χ3n) is 13.8. The topological polar surface area (TPSA) is 132 Å². The number of anilines is 1. The van der Waals surface area contributed by atoms with Crippen LogP contribution >= 0.6 is 0 Å². The second-order valence-electron chi connectivity index (χ2n) is 17.7. The summed E-state index contributed by atoms with van der Waals surface area (Å²) in [5.74, 6) is -1.00. The number of nitrogens with one attached hydrogen (secondary N) is 2. The van der Waals surface area contributed by atoms with Crippen molar-refractivity contribution in [2.45, 2.75) is 91.9 Å². The maximum Gasteiger partial charge on any atom is 0.407 e. The van der Waals surface area contributed by atoms with Crippen molar-refractivity contribution in [2.75, 3.05) is 77.5 Å². The number of alkyl halides is 2. The second kappa shape index (κ2) is 18.1. The van der Waals surface area contributed by atoms with Gasteiger partial charge in [-0.2, -0.15) is 0 Å². The van der Waals surface area contributed by atoms with Gasteiger partial charge in [-0.05, 0) is 111 Å². The molecule has 2 aromatic rings. The normalized spacial score (nSPS) is 25.1. The number of benzene rings is 2. The third kappa shape index (κ3) is 9.20. The van der Waals surface area contributed by atoms with Crippen LogP contribution in [-0.2, 0) is 36.1 Å². The van der Waals surface area contributed by atoms with Gasteiger partial charge in [0.05, 0.1) is 30.3 Å². The van der Waals surface area contributed by atoms with Crippen molar-refractivity contribution in [3.8, 4) is 0 Å². The van der Waals surface area contributed by atoms with E-state index in [2.05, 4.69) is 22.1 Å². The van der Waals surface area contributed by atoms with E-state index in [-0.39, 0.29) is 92.8 Å². The molecule has 0 aromatic heterocycles. The first-order valence-corrected chi connectivity index (χ1v) is 22.8. The number of sulfone groups is 1. The van der Waals surface area contributed by atoms with Gasteiger partial charge < -0.3 is 25.2 Å². The summed E-state index contributed by atoms with van der Waals surface area (Å²) in [5, 5.41) is 5.30. The Bertz CT molecular complexity index is 2020. The molecule has 16 heteroatoms. The molecule has 1 aliphatic carbocycles. The van der Waals surface area contributed by atoms with Gasteiger partial charge >= 0.3 is 6.09 Å². The minimum atomic E-state index is -3.85. The SMILES string of the molecule is C=CC(=O)N1CCCC(S(=O)(=O)c2ccc(N3CC(F)(CN4CCC(C(CNC(C)=O)(c5cccc(F)c5)[C@H]5CCC[C@@H]5NC(=O)OC)CC4)C3)cc2CN2CC(F)C2)C1. The molecule has 0 spiro atoms. The molecule has 4 atom stereocenters. The lowest BCUT2D eigenvalue weighted by Crippen LogP contribution is -2.65. The second-order valence-corrected chi connectivity index (χ2v) is 19.9. The Morgan fingerprint density at radius 2 is 1.73 bits per heavy atom. The fourth-order valence-corrected chi connectivity index (χ4v) is 12.8. The van der Waals surface area contributed by atoms with Gasteiger partial charge in [0.25, 0.3) is 0 Å². The Morgan fingerprint density at radius 3 is 2.40 bits per heavy atom. The fourth-order valence-electron chi connectivity index (χ4n) is 10.8. The highest BCUT2D eigenvalue weighted by Crippen LogP contribution is 2.51. The summed E-state index contributed by atoms with van der Waals surface area (Å²) in [4.78, 5) is 44.8. The van der Waals surface area contributed by atoms with Crippen LogP contribution in [0.1, 0.15) is 63.0 Å². The highest BCUT2D eigenvalue weighted by Gasteiger charge is 2.53. The molecule has 4 saturated heterocycles. The summed E-state index contributed by atoms with van der Waals surface area (Å²) >= 11 is 0. The number of carbonyl (C=O) groups is 3. The Balaban J connectivity index is 1.05. The van der Waals surface area contributed by atoms with Crippen LogP contribution in [0.4, 0.5) is 23.7 Å². The van der Waals surface area contributed by atoms with Crippen LogP contribution in [0.15, 0.2) is 60.0 Å². The standard InChI is InChI=1S/C44H59F3N6O6S/c1-4-41(55)52-17-7-10-37(25-52)60(57,58)40-14-13-36(20-31(40)22-51-23-35(46)24-51)53-28-43(47,29-53)27-50-18-15-32(16-19-50)44(26-48-30(2)54,33-8-5-9-34(45)21-33)38-11-6-12-39(38)49-42(56)59-3/h4-5,8-9,13-14,20-21,32,35,37-39H,1,6-7,10-12,15-19,22-29H2,2-3H3,(H,48,54)(H,49,56)/t37?,38-,39-,44?/m0/s1. The first-order chi connectivity index (χ1) is 28.6. The van der Waals surface area contributed by atoms with Crippen molar-refractivity contribution in [1.29, 1.82) is 0 Å². The van der Waals surface area contributed by atoms with Crippen LogP contribution in [0.25, 0.3) is 0 Å². The number of piperidine rings is 2. The summed E-state index contributed by atoms with van der Waals surface area (Å²) in [5.41, 5.74) is -0.213. The number of carbonyl (C=O) groups excluding carboxylic acids is 3. The number of nitrogens with zero attached hydrogens (tertiary/aromatic N) is 4. The predicted octanol–water partition coefficient (Wildman–Crippen LogP) is 4.77. The molecule has 0 bridgehead atoms. The van der Waals surface area contributed by atoms with E-state index in [4.69, 9.17) is 4.74 Å². The molecule has 4 heterocycles. The summed E-state index contributed by atoms with van der Waals surface area (Å²) in [6, 6.07) is 11.4. The third-order valence-corrected chi connectivity index (χ3v) is 16.0. The highest BCUT2D eigenvalue weighted by atomic mass is 32.2. The minimum Gasteiger partial charge on any atom is -0.453 e. The molecule has 3 amide bonds. The van der Waals surface area contributed by atoms with Gasteiger partial charge in [0.2, 0.25) is 11.8 Å². The lowest BCUT2D eigenvalue weighted by Gasteiger charge is -2.52. The first-order valence-electron chi connectivity index (χ1n) is 21.3. The van der Waals surface area contributed by atoms with Crippen molar-refractivity contribution in [1.82, 2.24) is 25.3 Å². The molecule has 2 unspecified atom stereocenters. The van der Waals surface area contributed by atoms with Gasteiger partial charge in [-0.15, -0.1) is 0 Å². The van der Waals surface area contributed by atoms with Crippen LogP contribution in [0.3, 0.4) is 0 Å². The van der Waals surface area contributed by atoms with Crippen LogP contribution in [0.5, 0.6) is 0 Å². The lowest BCUT2D eigenvalue weighted by molar-refractivity contribution is -0.126. The van der Waals surface area contributed by atoms with Crippen molar-refractivity contribution < 1.29 is 40.7 Å². The molecule has 60 heavy (non-hydrogen) atoms. The van der Waals surface area contributed by atoms with Crippen molar-refractivity contribution in [3.05, 3.63) is 72.1 Å². The van der Waals surface area contributed by atoms with Gasteiger partial charge in [-0.3, -0.25) is 19.4 Å². The number of halogens is 3. The number of likely N-dealkylation sites (tertiary alicyclic amines) is 3. The molecule has 12 nitrogen and oxygen atoms in total. The van der Waals surface area contributed by atoms with E-state index < -0.39 is 38.4 Å². The zero-order valence-electron chi connectivity index (χ0n) is 34.7. The molecule has 1 saturated carbocycles. The highest BCUT2D eigenvalue weighted by molar-refractivity contribution is 7.92. The fraction of sp³-hybridized carbons (Fsp3) is 0.614. The van der Waals surface area contributed by atoms with Crippen molar-refractivity contribution in [3.63, 3.8) is 0 Å². The molecule has 2 aromatic carbocycles. The van der Waals surface area contributed by atoms with Crippen LogP contribution in [-0.4, -0.2) is 137 Å². The number of hydrogen-bond acceptors (Lipinski definition) is 9. The van der Waals surface area contributed by atoms with E-state index in [1.165, 1.54) is 31.1 Å². The number of amides is 3. The molecule has 5 fully saturated rings. The van der Waals surface area contributed by atoms with Gasteiger partial charge in [0.15, 0.2) is 15.5 Å². The monoisotopic (exact) mass is 856 g/mol. The van der Waals surface area contributed by atoms with Crippen molar-refractivity contribution in [2.24, 2.45) is 11.8 Å². The maximum absolute atomic E-state index is 16.6. The molecule has 0 radical (unpaired) electrons. The maximum atomic E-state index is 16.6. The van der Waals surface area contributed by atoms with E-state index in [1.807, 2.05) is 15.9 Å². The van der Waals surface area contributed by atoms with E-state index in [9.17, 15) is 31.6 Å². The Labute approximate surface area is 351 Å². The molecule has 4 aliphatic heterocycles. The van der Waals surface area contributed by atoms with E-state index in [1.54, 1.807) is 30.3 Å². The number of alkyl carbamates (subject to hydrolysis) is 1. The van der Waals surface area contributed by atoms with E-state index in [0.29, 0.717) is 56.6 Å². The zero-order chi connectivity index (χ0) is 42.8. The average molecular weight is 857 g/mol. The largest absolute Gasteiger partial charge is 0.453 e. The molecule has 7 rings (SSSR count). The molecule has 328 valence electrons. The molecule has 5 aliphatic rings. The number of rotatable bonds is 14. The van der Waals surface area contributed by atoms with Gasteiger partial charge in [0, 0.05) is 69.9 Å². The van der Waals surface area contributed by atoms with Gasteiger partial charge in [-0.25, -0.2) is 26.4 Å². The first kappa shape index (κ1) is 43.9. The molecular weight excluding hydrogens is 798 g/mol. The Kier molecular flexibility index (Phi) is 13.2. The predicted molar refractivity (Wildman–Crippen MR) is 222 cm³/mol. The summed E-state index contributed by atoms with van der Waals surface area (Å²) in [7, 11) is -2.53. The minimum absolute atomic E-state index is 0.00708. The average Bonchev–Trinajstić information content (AvgIpc) is 3.67. The quantitative estimate of drug-likeness (QED) is 0.258. The summed E-state index contributed by atoms with van der Waals surface area (Å²) < 4.78 is 78.6. The van der Waals surface area contributed by atoms with E-state index in [0.717, 1.165) is 24.8 Å².